The SMILES string of the molecule is CCCS(=O)(=O)NC1CCN(C(=O)CCC(=O)c2ccc(CC)cc2)CC1. The van der Waals surface area contributed by atoms with Gasteiger partial charge in [-0.15, -0.1) is 0 Å². The maximum Gasteiger partial charge on any atom is 0.223 e. The first-order chi connectivity index (χ1) is 12.8. The van der Waals surface area contributed by atoms with Crippen molar-refractivity contribution in [3.05, 3.63) is 35.4 Å². The Balaban J connectivity index is 1.76. The van der Waals surface area contributed by atoms with Crippen LogP contribution < -0.4 is 4.72 Å². The number of hydrogen-bond acceptors (Lipinski definition) is 4. The highest BCUT2D eigenvalue weighted by Gasteiger charge is 2.25. The predicted octanol–water partition coefficient (Wildman–Crippen LogP) is 2.53. The molecule has 1 aromatic rings. The quantitative estimate of drug-likeness (QED) is 0.653. The summed E-state index contributed by atoms with van der Waals surface area (Å²) in [6.07, 6.45) is 3.13. The minimum Gasteiger partial charge on any atom is -0.343 e. The number of piperidine rings is 1. The van der Waals surface area contributed by atoms with E-state index in [9.17, 15) is 18.0 Å². The Morgan fingerprint density at radius 2 is 1.70 bits per heavy atom. The molecule has 1 amide bonds. The first kappa shape index (κ1) is 21.6. The van der Waals surface area contributed by atoms with E-state index >= 15 is 0 Å². The summed E-state index contributed by atoms with van der Waals surface area (Å²) in [5.41, 5.74) is 1.82. The lowest BCUT2D eigenvalue weighted by Gasteiger charge is -2.32. The normalized spacial score (nSPS) is 15.7. The summed E-state index contributed by atoms with van der Waals surface area (Å²) in [5, 5.41) is 0. The van der Waals surface area contributed by atoms with Gasteiger partial charge in [0.1, 0.15) is 0 Å². The van der Waals surface area contributed by atoms with Crippen LogP contribution in [0.25, 0.3) is 0 Å². The van der Waals surface area contributed by atoms with Crippen molar-refractivity contribution in [1.82, 2.24) is 9.62 Å². The number of nitrogens with zero attached hydrogens (tertiary/aromatic N) is 1. The molecule has 27 heavy (non-hydrogen) atoms. The van der Waals surface area contributed by atoms with Crippen LogP contribution in [0.15, 0.2) is 24.3 Å². The lowest BCUT2D eigenvalue weighted by Crippen LogP contribution is -2.47. The number of hydrogen-bond donors (Lipinski definition) is 1. The van der Waals surface area contributed by atoms with Gasteiger partial charge in [-0.3, -0.25) is 9.59 Å². The molecule has 6 nitrogen and oxygen atoms in total. The third-order valence-corrected chi connectivity index (χ3v) is 6.55. The van der Waals surface area contributed by atoms with Crippen LogP contribution in [0.1, 0.15) is 61.9 Å². The molecule has 0 saturated carbocycles. The third kappa shape index (κ3) is 6.74. The van der Waals surface area contributed by atoms with Gasteiger partial charge in [-0.2, -0.15) is 0 Å². The van der Waals surface area contributed by atoms with E-state index in [2.05, 4.69) is 11.6 Å². The maximum atomic E-state index is 12.4. The zero-order chi connectivity index (χ0) is 19.9. The number of carbonyl (C=O) groups is 2. The largest absolute Gasteiger partial charge is 0.343 e. The molecule has 0 spiro atoms. The van der Waals surface area contributed by atoms with Crippen molar-refractivity contribution in [2.24, 2.45) is 0 Å². The molecule has 1 aliphatic rings. The molecular weight excluding hydrogens is 364 g/mol. The summed E-state index contributed by atoms with van der Waals surface area (Å²) in [4.78, 5) is 26.4. The van der Waals surface area contributed by atoms with Crippen molar-refractivity contribution in [3.63, 3.8) is 0 Å². The number of ketones is 1. The molecule has 0 radical (unpaired) electrons. The van der Waals surface area contributed by atoms with Crippen LogP contribution in [-0.2, 0) is 21.2 Å². The first-order valence-electron chi connectivity index (χ1n) is 9.74. The Kier molecular flexibility index (Phi) is 7.98. The van der Waals surface area contributed by atoms with Gasteiger partial charge in [0.2, 0.25) is 15.9 Å². The third-order valence-electron chi connectivity index (χ3n) is 4.92. The Morgan fingerprint density at radius 1 is 1.07 bits per heavy atom. The zero-order valence-corrected chi connectivity index (χ0v) is 17.1. The number of benzene rings is 1. The standard InChI is InChI=1S/C20H30N2O4S/c1-3-15-27(25,26)21-18-11-13-22(14-12-18)20(24)10-9-19(23)17-7-5-16(4-2)6-8-17/h5-8,18,21H,3-4,9-15H2,1-2H3. The van der Waals surface area contributed by atoms with Crippen LogP contribution >= 0.6 is 0 Å². The molecule has 1 N–H and O–H groups in total. The van der Waals surface area contributed by atoms with E-state index in [-0.39, 0.29) is 36.3 Å². The molecule has 0 bridgehead atoms. The number of sulfonamides is 1. The fourth-order valence-electron chi connectivity index (χ4n) is 3.28. The summed E-state index contributed by atoms with van der Waals surface area (Å²) in [6, 6.07) is 7.42. The number of carbonyl (C=O) groups excluding carboxylic acids is 2. The van der Waals surface area contributed by atoms with Crippen molar-refractivity contribution in [2.75, 3.05) is 18.8 Å². The van der Waals surface area contributed by atoms with E-state index in [4.69, 9.17) is 0 Å². The highest BCUT2D eigenvalue weighted by molar-refractivity contribution is 7.89. The fourth-order valence-corrected chi connectivity index (χ4v) is 4.68. The van der Waals surface area contributed by atoms with Crippen LogP contribution in [0.3, 0.4) is 0 Å². The number of Topliss-reactive ketones (excluding diaryl/α,β-unsaturated/α-hetero) is 1. The van der Waals surface area contributed by atoms with Crippen molar-refractivity contribution < 1.29 is 18.0 Å². The monoisotopic (exact) mass is 394 g/mol. The van der Waals surface area contributed by atoms with Crippen LogP contribution in [0.2, 0.25) is 0 Å². The molecule has 2 rings (SSSR count). The van der Waals surface area contributed by atoms with Gasteiger partial charge in [0.15, 0.2) is 5.78 Å². The van der Waals surface area contributed by atoms with Gasteiger partial charge in [0.05, 0.1) is 5.75 Å². The molecule has 0 unspecified atom stereocenters. The second kappa shape index (κ2) is 9.99. The molecular formula is C20H30N2O4S. The summed E-state index contributed by atoms with van der Waals surface area (Å²) >= 11 is 0. The smallest absolute Gasteiger partial charge is 0.223 e. The van der Waals surface area contributed by atoms with Crippen molar-refractivity contribution in [1.29, 1.82) is 0 Å². The minimum absolute atomic E-state index is 0.0202. The van der Waals surface area contributed by atoms with E-state index in [1.807, 2.05) is 31.2 Å². The second-order valence-electron chi connectivity index (χ2n) is 7.07. The number of rotatable bonds is 9. The van der Waals surface area contributed by atoms with E-state index in [0.29, 0.717) is 37.9 Å². The van der Waals surface area contributed by atoms with Crippen LogP contribution in [0.5, 0.6) is 0 Å². The van der Waals surface area contributed by atoms with E-state index < -0.39 is 10.0 Å². The van der Waals surface area contributed by atoms with E-state index in [1.165, 1.54) is 5.56 Å². The summed E-state index contributed by atoms with van der Waals surface area (Å²) in [5.74, 6) is 0.0737. The van der Waals surface area contributed by atoms with Gasteiger partial charge < -0.3 is 4.90 Å². The van der Waals surface area contributed by atoms with E-state index in [0.717, 1.165) is 6.42 Å². The fraction of sp³-hybridized carbons (Fsp3) is 0.600. The number of amides is 1. The average Bonchev–Trinajstić information content (AvgIpc) is 2.66. The Labute approximate surface area is 162 Å². The van der Waals surface area contributed by atoms with Gasteiger partial charge in [-0.05, 0) is 31.2 Å². The highest BCUT2D eigenvalue weighted by Crippen LogP contribution is 2.15. The Bertz CT molecular complexity index is 736. The molecule has 7 heteroatoms. The van der Waals surface area contributed by atoms with Crippen LogP contribution in [0.4, 0.5) is 0 Å². The lowest BCUT2D eigenvalue weighted by molar-refractivity contribution is -0.132. The summed E-state index contributed by atoms with van der Waals surface area (Å²) in [6.45, 7) is 4.95. The Hall–Kier alpha value is -1.73. The van der Waals surface area contributed by atoms with Gasteiger partial charge in [-0.25, -0.2) is 13.1 Å². The molecule has 0 aromatic heterocycles. The van der Waals surface area contributed by atoms with Crippen LogP contribution in [-0.4, -0.2) is 49.9 Å². The minimum atomic E-state index is -3.22. The predicted molar refractivity (Wildman–Crippen MR) is 106 cm³/mol. The molecule has 0 atom stereocenters. The number of likely N-dealkylation sites (tertiary alicyclic amines) is 1. The molecule has 150 valence electrons. The molecule has 1 fully saturated rings. The van der Waals surface area contributed by atoms with Gasteiger partial charge in [-0.1, -0.05) is 38.1 Å². The highest BCUT2D eigenvalue weighted by atomic mass is 32.2. The summed E-state index contributed by atoms with van der Waals surface area (Å²) in [7, 11) is -3.22. The number of nitrogens with one attached hydrogen (secondary N) is 1. The first-order valence-corrected chi connectivity index (χ1v) is 11.4. The molecule has 1 aromatic carbocycles. The molecule has 1 aliphatic heterocycles. The maximum absolute atomic E-state index is 12.4. The molecule has 1 saturated heterocycles. The van der Waals surface area contributed by atoms with Gasteiger partial charge in [0, 0.05) is 37.5 Å². The van der Waals surface area contributed by atoms with Crippen molar-refractivity contribution in [3.8, 4) is 0 Å². The Morgan fingerprint density at radius 3 is 2.26 bits per heavy atom. The zero-order valence-electron chi connectivity index (χ0n) is 16.2. The van der Waals surface area contributed by atoms with Crippen molar-refractivity contribution >= 4 is 21.7 Å². The van der Waals surface area contributed by atoms with Gasteiger partial charge in [0.25, 0.3) is 0 Å². The number of aryl methyl sites for hydroxylation is 1. The average molecular weight is 395 g/mol. The lowest BCUT2D eigenvalue weighted by atomic mass is 10.0. The molecule has 1 heterocycles. The van der Waals surface area contributed by atoms with E-state index in [1.54, 1.807) is 4.90 Å². The second-order valence-corrected chi connectivity index (χ2v) is 8.94. The van der Waals surface area contributed by atoms with Gasteiger partial charge >= 0.3 is 0 Å². The van der Waals surface area contributed by atoms with Crippen molar-refractivity contribution in [2.45, 2.75) is 58.4 Å². The van der Waals surface area contributed by atoms with Crippen LogP contribution in [0, 0.1) is 0 Å². The summed E-state index contributed by atoms with van der Waals surface area (Å²) < 4.78 is 26.4. The molecule has 0 aliphatic carbocycles. The topological polar surface area (TPSA) is 83.6 Å².